The smallest absolute Gasteiger partial charge is 0.123 e. The number of hydrogen-bond donors (Lipinski definition) is 2. The van der Waals surface area contributed by atoms with E-state index in [-0.39, 0.29) is 5.82 Å². The molecule has 2 rings (SSSR count). The van der Waals surface area contributed by atoms with E-state index in [2.05, 4.69) is 5.32 Å². The standard InChI is InChI=1S/C16H18FNO2/c1-20-15-4-2-3-12(9-15)10-18-11-16(19)13-5-7-14(17)8-6-13/h2-9,16,18-19H,10-11H2,1H3/t16-/m0/s1. The van der Waals surface area contributed by atoms with Crippen LogP contribution in [0.3, 0.4) is 0 Å². The number of nitrogens with one attached hydrogen (secondary N) is 1. The molecule has 0 saturated carbocycles. The van der Waals surface area contributed by atoms with Crippen molar-refractivity contribution in [2.24, 2.45) is 0 Å². The van der Waals surface area contributed by atoms with Crippen LogP contribution < -0.4 is 10.1 Å². The molecule has 4 heteroatoms. The van der Waals surface area contributed by atoms with Crippen molar-refractivity contribution >= 4 is 0 Å². The molecule has 0 radical (unpaired) electrons. The van der Waals surface area contributed by atoms with E-state index in [1.807, 2.05) is 24.3 Å². The first-order valence-electron chi connectivity index (χ1n) is 6.46. The lowest BCUT2D eigenvalue weighted by molar-refractivity contribution is 0.174. The Morgan fingerprint density at radius 1 is 1.20 bits per heavy atom. The van der Waals surface area contributed by atoms with Crippen LogP contribution in [0.25, 0.3) is 0 Å². The average Bonchev–Trinajstić information content (AvgIpc) is 2.48. The molecule has 0 fully saturated rings. The van der Waals surface area contributed by atoms with Gasteiger partial charge in [0, 0.05) is 13.1 Å². The maximum atomic E-state index is 12.8. The van der Waals surface area contributed by atoms with Crippen LogP contribution >= 0.6 is 0 Å². The van der Waals surface area contributed by atoms with E-state index in [1.165, 1.54) is 12.1 Å². The van der Waals surface area contributed by atoms with Gasteiger partial charge in [0.1, 0.15) is 11.6 Å². The van der Waals surface area contributed by atoms with Gasteiger partial charge < -0.3 is 15.2 Å². The summed E-state index contributed by atoms with van der Waals surface area (Å²) in [6, 6.07) is 13.6. The molecule has 0 unspecified atom stereocenters. The zero-order valence-corrected chi connectivity index (χ0v) is 11.3. The first kappa shape index (κ1) is 14.5. The summed E-state index contributed by atoms with van der Waals surface area (Å²) in [4.78, 5) is 0. The third-order valence-corrected chi connectivity index (χ3v) is 3.06. The molecular formula is C16H18FNO2. The highest BCUT2D eigenvalue weighted by Gasteiger charge is 2.07. The van der Waals surface area contributed by atoms with Crippen LogP contribution in [0, 0.1) is 5.82 Å². The average molecular weight is 275 g/mol. The van der Waals surface area contributed by atoms with E-state index in [0.717, 1.165) is 11.3 Å². The molecule has 2 aromatic rings. The molecule has 0 saturated heterocycles. The van der Waals surface area contributed by atoms with E-state index in [1.54, 1.807) is 19.2 Å². The van der Waals surface area contributed by atoms with Gasteiger partial charge in [-0.05, 0) is 35.4 Å². The van der Waals surface area contributed by atoms with Gasteiger partial charge >= 0.3 is 0 Å². The molecule has 0 aliphatic rings. The van der Waals surface area contributed by atoms with E-state index in [9.17, 15) is 9.50 Å². The van der Waals surface area contributed by atoms with Crippen molar-refractivity contribution in [3.8, 4) is 5.75 Å². The number of halogens is 1. The number of aliphatic hydroxyl groups is 1. The summed E-state index contributed by atoms with van der Waals surface area (Å²) in [6.45, 7) is 1.04. The van der Waals surface area contributed by atoms with Crippen LogP contribution in [0.5, 0.6) is 5.75 Å². The van der Waals surface area contributed by atoms with Gasteiger partial charge in [-0.3, -0.25) is 0 Å². The maximum Gasteiger partial charge on any atom is 0.123 e. The molecule has 0 aromatic heterocycles. The topological polar surface area (TPSA) is 41.5 Å². The number of methoxy groups -OCH3 is 1. The molecule has 0 heterocycles. The molecule has 2 aromatic carbocycles. The molecule has 0 aliphatic carbocycles. The van der Waals surface area contributed by atoms with Gasteiger partial charge in [-0.1, -0.05) is 24.3 Å². The lowest BCUT2D eigenvalue weighted by atomic mass is 10.1. The molecule has 0 aliphatic heterocycles. The number of ether oxygens (including phenoxy) is 1. The molecule has 0 amide bonds. The minimum atomic E-state index is -0.652. The zero-order valence-electron chi connectivity index (χ0n) is 11.3. The second kappa shape index (κ2) is 7.03. The van der Waals surface area contributed by atoms with Crippen molar-refractivity contribution in [2.45, 2.75) is 12.6 Å². The van der Waals surface area contributed by atoms with Crippen LogP contribution in [0.1, 0.15) is 17.2 Å². The van der Waals surface area contributed by atoms with E-state index >= 15 is 0 Å². The van der Waals surface area contributed by atoms with Crippen LogP contribution in [0.2, 0.25) is 0 Å². The lowest BCUT2D eigenvalue weighted by Crippen LogP contribution is -2.21. The highest BCUT2D eigenvalue weighted by Crippen LogP contribution is 2.14. The van der Waals surface area contributed by atoms with Crippen LogP contribution in [0.4, 0.5) is 4.39 Å². The number of benzene rings is 2. The number of aliphatic hydroxyl groups excluding tert-OH is 1. The van der Waals surface area contributed by atoms with E-state index in [0.29, 0.717) is 18.7 Å². The van der Waals surface area contributed by atoms with Crippen LogP contribution in [-0.4, -0.2) is 18.8 Å². The van der Waals surface area contributed by atoms with Gasteiger partial charge in [0.15, 0.2) is 0 Å². The molecule has 0 spiro atoms. The number of rotatable bonds is 6. The fourth-order valence-corrected chi connectivity index (χ4v) is 1.94. The van der Waals surface area contributed by atoms with Gasteiger partial charge in [-0.15, -0.1) is 0 Å². The summed E-state index contributed by atoms with van der Waals surface area (Å²) < 4.78 is 17.9. The number of hydrogen-bond acceptors (Lipinski definition) is 3. The first-order chi connectivity index (χ1) is 9.69. The molecule has 3 nitrogen and oxygen atoms in total. The summed E-state index contributed by atoms with van der Waals surface area (Å²) in [6.07, 6.45) is -0.652. The normalized spacial score (nSPS) is 12.2. The van der Waals surface area contributed by atoms with Crippen LogP contribution in [-0.2, 0) is 6.54 Å². The Balaban J connectivity index is 1.84. The van der Waals surface area contributed by atoms with E-state index < -0.39 is 6.10 Å². The molecular weight excluding hydrogens is 257 g/mol. The predicted octanol–water partition coefficient (Wildman–Crippen LogP) is 2.66. The van der Waals surface area contributed by atoms with Crippen LogP contribution in [0.15, 0.2) is 48.5 Å². The predicted molar refractivity (Wildman–Crippen MR) is 76.1 cm³/mol. The summed E-state index contributed by atoms with van der Waals surface area (Å²) in [5.41, 5.74) is 1.78. The molecule has 1 atom stereocenters. The highest BCUT2D eigenvalue weighted by atomic mass is 19.1. The second-order valence-corrected chi connectivity index (χ2v) is 4.55. The first-order valence-corrected chi connectivity index (χ1v) is 6.46. The largest absolute Gasteiger partial charge is 0.497 e. The van der Waals surface area contributed by atoms with Gasteiger partial charge in [0.25, 0.3) is 0 Å². The Hall–Kier alpha value is -1.91. The van der Waals surface area contributed by atoms with Crippen molar-refractivity contribution in [1.82, 2.24) is 5.32 Å². The quantitative estimate of drug-likeness (QED) is 0.851. The van der Waals surface area contributed by atoms with Gasteiger partial charge in [0.05, 0.1) is 13.2 Å². The summed E-state index contributed by atoms with van der Waals surface area (Å²) in [7, 11) is 1.63. The van der Waals surface area contributed by atoms with E-state index in [4.69, 9.17) is 4.74 Å². The van der Waals surface area contributed by atoms with Crippen molar-refractivity contribution in [2.75, 3.05) is 13.7 Å². The third-order valence-electron chi connectivity index (χ3n) is 3.06. The summed E-state index contributed by atoms with van der Waals surface area (Å²) >= 11 is 0. The Labute approximate surface area is 118 Å². The minimum absolute atomic E-state index is 0.301. The molecule has 0 bridgehead atoms. The fourth-order valence-electron chi connectivity index (χ4n) is 1.94. The summed E-state index contributed by atoms with van der Waals surface area (Å²) in [5.74, 6) is 0.508. The fraction of sp³-hybridized carbons (Fsp3) is 0.250. The zero-order chi connectivity index (χ0) is 14.4. The minimum Gasteiger partial charge on any atom is -0.497 e. The third kappa shape index (κ3) is 4.05. The highest BCUT2D eigenvalue weighted by molar-refractivity contribution is 5.28. The lowest BCUT2D eigenvalue weighted by Gasteiger charge is -2.12. The molecule has 2 N–H and O–H groups in total. The Bertz CT molecular complexity index is 542. The molecule has 20 heavy (non-hydrogen) atoms. The Morgan fingerprint density at radius 2 is 1.95 bits per heavy atom. The second-order valence-electron chi connectivity index (χ2n) is 4.55. The Kier molecular flexibility index (Phi) is 5.09. The van der Waals surface area contributed by atoms with Crippen molar-refractivity contribution in [3.63, 3.8) is 0 Å². The Morgan fingerprint density at radius 3 is 2.65 bits per heavy atom. The SMILES string of the molecule is COc1cccc(CNC[C@H](O)c2ccc(F)cc2)c1. The monoisotopic (exact) mass is 275 g/mol. The van der Waals surface area contributed by atoms with Gasteiger partial charge in [-0.25, -0.2) is 4.39 Å². The maximum absolute atomic E-state index is 12.8. The summed E-state index contributed by atoms with van der Waals surface area (Å²) in [5, 5.41) is 13.1. The van der Waals surface area contributed by atoms with Gasteiger partial charge in [0.2, 0.25) is 0 Å². The van der Waals surface area contributed by atoms with Crippen molar-refractivity contribution in [3.05, 3.63) is 65.5 Å². The van der Waals surface area contributed by atoms with Gasteiger partial charge in [-0.2, -0.15) is 0 Å². The van der Waals surface area contributed by atoms with Crippen molar-refractivity contribution in [1.29, 1.82) is 0 Å². The van der Waals surface area contributed by atoms with Crippen molar-refractivity contribution < 1.29 is 14.2 Å². The molecule has 106 valence electrons.